The van der Waals surface area contributed by atoms with E-state index in [1.54, 1.807) is 0 Å². The largest absolute Gasteiger partial charge is 0.396 e. The molecule has 1 amide bonds. The van der Waals surface area contributed by atoms with Crippen LogP contribution in [0.2, 0.25) is 0 Å². The maximum absolute atomic E-state index is 12.2. The summed E-state index contributed by atoms with van der Waals surface area (Å²) in [5.74, 6) is -0.0560. The van der Waals surface area contributed by atoms with Crippen molar-refractivity contribution in [1.82, 2.24) is 15.1 Å². The van der Waals surface area contributed by atoms with Crippen LogP contribution < -0.4 is 5.32 Å². The Labute approximate surface area is 150 Å². The molecule has 25 heavy (non-hydrogen) atoms. The van der Waals surface area contributed by atoms with E-state index in [9.17, 15) is 9.90 Å². The minimum atomic E-state index is -0.0879. The van der Waals surface area contributed by atoms with Crippen molar-refractivity contribution in [3.8, 4) is 0 Å². The third-order valence-corrected chi connectivity index (χ3v) is 4.40. The molecule has 0 saturated heterocycles. The number of aliphatic hydroxyl groups excluding tert-OH is 1. The van der Waals surface area contributed by atoms with E-state index in [4.69, 9.17) is 0 Å². The summed E-state index contributed by atoms with van der Waals surface area (Å²) in [4.78, 5) is 12.2. The number of nitrogens with zero attached hydrogens (tertiary/aromatic N) is 2. The van der Waals surface area contributed by atoms with Crippen molar-refractivity contribution in [2.45, 2.75) is 47.1 Å². The quantitative estimate of drug-likeness (QED) is 0.724. The molecule has 0 spiro atoms. The summed E-state index contributed by atoms with van der Waals surface area (Å²) >= 11 is 0. The number of rotatable bonds is 8. The van der Waals surface area contributed by atoms with Gasteiger partial charge in [-0.05, 0) is 55.9 Å². The van der Waals surface area contributed by atoms with Gasteiger partial charge in [0.1, 0.15) is 0 Å². The van der Waals surface area contributed by atoms with Crippen LogP contribution in [0.1, 0.15) is 54.0 Å². The van der Waals surface area contributed by atoms with Gasteiger partial charge < -0.3 is 10.4 Å². The Morgan fingerprint density at radius 1 is 1.24 bits per heavy atom. The average Bonchev–Trinajstić information content (AvgIpc) is 2.89. The monoisotopic (exact) mass is 343 g/mol. The van der Waals surface area contributed by atoms with Gasteiger partial charge in [0.15, 0.2) is 0 Å². The molecule has 2 aromatic rings. The molecule has 0 aliphatic carbocycles. The minimum Gasteiger partial charge on any atom is -0.396 e. The van der Waals surface area contributed by atoms with Crippen LogP contribution in [-0.2, 0) is 6.54 Å². The maximum Gasteiger partial charge on any atom is 0.251 e. The van der Waals surface area contributed by atoms with Crippen molar-refractivity contribution in [1.29, 1.82) is 0 Å². The number of nitrogens with one attached hydrogen (secondary N) is 1. The molecule has 1 aromatic carbocycles. The van der Waals surface area contributed by atoms with Crippen molar-refractivity contribution in [2.24, 2.45) is 5.41 Å². The van der Waals surface area contributed by atoms with Crippen LogP contribution in [0.25, 0.3) is 0 Å². The smallest absolute Gasteiger partial charge is 0.251 e. The third-order valence-electron chi connectivity index (χ3n) is 4.40. The summed E-state index contributed by atoms with van der Waals surface area (Å²) in [5, 5.41) is 16.6. The lowest BCUT2D eigenvalue weighted by Gasteiger charge is -2.21. The van der Waals surface area contributed by atoms with Gasteiger partial charge in [0.25, 0.3) is 5.91 Å². The summed E-state index contributed by atoms with van der Waals surface area (Å²) in [6.07, 6.45) is 1.74. The van der Waals surface area contributed by atoms with Crippen LogP contribution >= 0.6 is 0 Å². The predicted molar refractivity (Wildman–Crippen MR) is 99.7 cm³/mol. The van der Waals surface area contributed by atoms with Gasteiger partial charge in [0.2, 0.25) is 0 Å². The molecule has 1 aromatic heterocycles. The second kappa shape index (κ2) is 8.30. The van der Waals surface area contributed by atoms with E-state index in [1.807, 2.05) is 56.6 Å². The number of carbonyl (C=O) groups is 1. The van der Waals surface area contributed by atoms with Crippen molar-refractivity contribution in [2.75, 3.05) is 13.2 Å². The van der Waals surface area contributed by atoms with Crippen molar-refractivity contribution in [3.63, 3.8) is 0 Å². The highest BCUT2D eigenvalue weighted by Crippen LogP contribution is 2.20. The van der Waals surface area contributed by atoms with Gasteiger partial charge in [-0.15, -0.1) is 0 Å². The van der Waals surface area contributed by atoms with Crippen molar-refractivity contribution >= 4 is 5.91 Å². The summed E-state index contributed by atoms with van der Waals surface area (Å²) in [5.41, 5.74) is 3.84. The molecule has 0 aliphatic rings. The van der Waals surface area contributed by atoms with Crippen molar-refractivity contribution < 1.29 is 9.90 Å². The predicted octanol–water partition coefficient (Wildman–Crippen LogP) is 3.08. The van der Waals surface area contributed by atoms with Crippen LogP contribution in [0.5, 0.6) is 0 Å². The number of aryl methyl sites for hydroxylation is 2. The zero-order chi connectivity index (χ0) is 18.4. The topological polar surface area (TPSA) is 67.2 Å². The Balaban J connectivity index is 1.84. The fourth-order valence-electron chi connectivity index (χ4n) is 2.72. The Kier molecular flexibility index (Phi) is 6.37. The first-order valence-corrected chi connectivity index (χ1v) is 8.80. The molecule has 5 heteroatoms. The van der Waals surface area contributed by atoms with E-state index < -0.39 is 0 Å². The highest BCUT2D eigenvalue weighted by atomic mass is 16.3. The molecule has 0 fully saturated rings. The molecule has 0 atom stereocenters. The lowest BCUT2D eigenvalue weighted by Crippen LogP contribution is -2.26. The number of carbonyl (C=O) groups excluding carboxylic acids is 1. The van der Waals surface area contributed by atoms with E-state index in [-0.39, 0.29) is 17.9 Å². The van der Waals surface area contributed by atoms with Crippen LogP contribution in [0.15, 0.2) is 30.3 Å². The molecule has 136 valence electrons. The number of benzene rings is 1. The lowest BCUT2D eigenvalue weighted by molar-refractivity contribution is 0.0948. The molecule has 0 aliphatic heterocycles. The SMILES string of the molecule is Cc1cc(C)n(Cc2ccc(C(=O)NCCCC(C)(C)CO)cc2)n1. The van der Waals surface area contributed by atoms with E-state index in [0.29, 0.717) is 18.7 Å². The average molecular weight is 343 g/mol. The van der Waals surface area contributed by atoms with Gasteiger partial charge in [0.05, 0.1) is 12.2 Å². The molecule has 0 unspecified atom stereocenters. The molecule has 2 rings (SSSR count). The Morgan fingerprint density at radius 2 is 1.92 bits per heavy atom. The van der Waals surface area contributed by atoms with Crippen LogP contribution in [-0.4, -0.2) is 33.9 Å². The Bertz CT molecular complexity index is 702. The van der Waals surface area contributed by atoms with E-state index in [0.717, 1.165) is 29.8 Å². The van der Waals surface area contributed by atoms with Gasteiger partial charge in [-0.2, -0.15) is 5.10 Å². The second-order valence-corrected chi connectivity index (χ2v) is 7.46. The second-order valence-electron chi connectivity index (χ2n) is 7.46. The summed E-state index contributed by atoms with van der Waals surface area (Å²) < 4.78 is 1.97. The highest BCUT2D eigenvalue weighted by molar-refractivity contribution is 5.94. The van der Waals surface area contributed by atoms with Crippen LogP contribution in [0.4, 0.5) is 0 Å². The number of amides is 1. The molecule has 0 bridgehead atoms. The van der Waals surface area contributed by atoms with Gasteiger partial charge >= 0.3 is 0 Å². The summed E-state index contributed by atoms with van der Waals surface area (Å²) in [6.45, 7) is 9.57. The maximum atomic E-state index is 12.2. The van der Waals surface area contributed by atoms with Gasteiger partial charge in [-0.3, -0.25) is 9.48 Å². The Morgan fingerprint density at radius 3 is 2.48 bits per heavy atom. The summed E-state index contributed by atoms with van der Waals surface area (Å²) in [7, 11) is 0. The van der Waals surface area contributed by atoms with E-state index >= 15 is 0 Å². The van der Waals surface area contributed by atoms with Gasteiger partial charge in [-0.25, -0.2) is 0 Å². The van der Waals surface area contributed by atoms with Gasteiger partial charge in [0, 0.05) is 24.4 Å². The highest BCUT2D eigenvalue weighted by Gasteiger charge is 2.15. The number of aromatic nitrogens is 2. The summed E-state index contributed by atoms with van der Waals surface area (Å²) in [6, 6.07) is 9.71. The number of hydrogen-bond acceptors (Lipinski definition) is 3. The molecular weight excluding hydrogens is 314 g/mol. The number of aliphatic hydroxyl groups is 1. The van der Waals surface area contributed by atoms with E-state index in [1.165, 1.54) is 0 Å². The van der Waals surface area contributed by atoms with Crippen LogP contribution in [0, 0.1) is 19.3 Å². The van der Waals surface area contributed by atoms with Crippen LogP contribution in [0.3, 0.4) is 0 Å². The minimum absolute atomic E-state index is 0.0560. The molecule has 5 nitrogen and oxygen atoms in total. The Hall–Kier alpha value is -2.14. The molecular formula is C20H29N3O2. The standard InChI is InChI=1S/C20H29N3O2/c1-15-12-16(2)23(22-15)13-17-6-8-18(9-7-17)19(25)21-11-5-10-20(3,4)14-24/h6-9,12,24H,5,10-11,13-14H2,1-4H3,(H,21,25). The first kappa shape index (κ1) is 19.2. The first-order chi connectivity index (χ1) is 11.8. The van der Waals surface area contributed by atoms with Gasteiger partial charge in [-0.1, -0.05) is 26.0 Å². The fourth-order valence-corrected chi connectivity index (χ4v) is 2.72. The first-order valence-electron chi connectivity index (χ1n) is 8.80. The third kappa shape index (κ3) is 5.71. The molecule has 2 N–H and O–H groups in total. The fraction of sp³-hybridized carbons (Fsp3) is 0.500. The molecule has 0 radical (unpaired) electrons. The zero-order valence-corrected chi connectivity index (χ0v) is 15.7. The normalized spacial score (nSPS) is 11.6. The zero-order valence-electron chi connectivity index (χ0n) is 15.7. The number of hydrogen-bond donors (Lipinski definition) is 2. The van der Waals surface area contributed by atoms with E-state index in [2.05, 4.69) is 16.5 Å². The molecule has 0 saturated carbocycles. The lowest BCUT2D eigenvalue weighted by atomic mass is 9.89. The molecule has 1 heterocycles. The van der Waals surface area contributed by atoms with Crippen molar-refractivity contribution in [3.05, 3.63) is 52.8 Å².